The van der Waals surface area contributed by atoms with Crippen LogP contribution in [0.1, 0.15) is 11.3 Å². The van der Waals surface area contributed by atoms with E-state index < -0.39 is 21.7 Å². The highest BCUT2D eigenvalue weighted by Crippen LogP contribution is 2.21. The fourth-order valence-electron chi connectivity index (χ4n) is 3.44. The average Bonchev–Trinajstić information content (AvgIpc) is 3.11. The van der Waals surface area contributed by atoms with Gasteiger partial charge in [-0.25, -0.2) is 21.9 Å². The Balaban J connectivity index is 1.41. The maximum absolute atomic E-state index is 13.5. The first-order valence-electron chi connectivity index (χ1n) is 9.48. The van der Waals surface area contributed by atoms with Gasteiger partial charge in [0.05, 0.1) is 16.3 Å². The molecule has 3 aromatic rings. The number of sulfonamides is 1. The van der Waals surface area contributed by atoms with Crippen LogP contribution in [-0.2, 0) is 16.6 Å². The fourth-order valence-corrected chi connectivity index (χ4v) is 4.87. The SMILES string of the molecule is Cc1nn(-c2ccncc2)cc1CN1CCN(S(=O)(=O)c2ccc(F)c(F)c2)CC1. The number of aromatic nitrogens is 3. The van der Waals surface area contributed by atoms with E-state index in [2.05, 4.69) is 15.0 Å². The van der Waals surface area contributed by atoms with Gasteiger partial charge in [0.1, 0.15) is 0 Å². The van der Waals surface area contributed by atoms with Crippen LogP contribution >= 0.6 is 0 Å². The van der Waals surface area contributed by atoms with E-state index in [1.54, 1.807) is 17.1 Å². The van der Waals surface area contributed by atoms with Gasteiger partial charge in [-0.05, 0) is 37.3 Å². The first-order valence-corrected chi connectivity index (χ1v) is 10.9. The predicted octanol–water partition coefficient (Wildman–Crippen LogP) is 2.36. The van der Waals surface area contributed by atoms with E-state index in [1.807, 2.05) is 25.3 Å². The summed E-state index contributed by atoms with van der Waals surface area (Å²) in [4.78, 5) is 5.93. The van der Waals surface area contributed by atoms with Crippen molar-refractivity contribution >= 4 is 10.0 Å². The van der Waals surface area contributed by atoms with E-state index in [9.17, 15) is 17.2 Å². The molecule has 0 aliphatic carbocycles. The van der Waals surface area contributed by atoms with Crippen LogP contribution < -0.4 is 0 Å². The Morgan fingerprint density at radius 3 is 2.37 bits per heavy atom. The van der Waals surface area contributed by atoms with Crippen molar-refractivity contribution in [2.24, 2.45) is 0 Å². The van der Waals surface area contributed by atoms with Crippen LogP contribution in [0.3, 0.4) is 0 Å². The monoisotopic (exact) mass is 433 g/mol. The lowest BCUT2D eigenvalue weighted by Gasteiger charge is -2.33. The zero-order valence-corrected chi connectivity index (χ0v) is 17.2. The Morgan fingerprint density at radius 1 is 1.00 bits per heavy atom. The fraction of sp³-hybridized carbons (Fsp3) is 0.300. The zero-order chi connectivity index (χ0) is 21.3. The summed E-state index contributed by atoms with van der Waals surface area (Å²) >= 11 is 0. The molecule has 0 radical (unpaired) electrons. The number of benzene rings is 1. The van der Waals surface area contributed by atoms with Crippen LogP contribution in [0, 0.1) is 18.6 Å². The van der Waals surface area contributed by atoms with Crippen LogP contribution in [0.5, 0.6) is 0 Å². The lowest BCUT2D eigenvalue weighted by molar-refractivity contribution is 0.181. The number of aryl methyl sites for hydroxylation is 1. The molecule has 3 heterocycles. The molecule has 1 aromatic carbocycles. The molecule has 0 atom stereocenters. The summed E-state index contributed by atoms with van der Waals surface area (Å²) in [5.41, 5.74) is 2.88. The Morgan fingerprint density at radius 2 is 1.70 bits per heavy atom. The molecule has 0 saturated carbocycles. The van der Waals surface area contributed by atoms with Crippen molar-refractivity contribution in [1.29, 1.82) is 0 Å². The molecule has 0 amide bonds. The molecule has 0 N–H and O–H groups in total. The summed E-state index contributed by atoms with van der Waals surface area (Å²) in [6, 6.07) is 6.41. The first-order chi connectivity index (χ1) is 14.3. The lowest BCUT2D eigenvalue weighted by atomic mass is 10.2. The third-order valence-electron chi connectivity index (χ3n) is 5.18. The molecule has 1 fully saturated rings. The number of rotatable bonds is 5. The topological polar surface area (TPSA) is 71.3 Å². The van der Waals surface area contributed by atoms with Crippen LogP contribution in [-0.4, -0.2) is 58.6 Å². The molecule has 1 saturated heterocycles. The van der Waals surface area contributed by atoms with Gasteiger partial charge in [-0.2, -0.15) is 9.40 Å². The van der Waals surface area contributed by atoms with Gasteiger partial charge in [0, 0.05) is 56.9 Å². The molecule has 0 spiro atoms. The summed E-state index contributed by atoms with van der Waals surface area (Å²) in [5.74, 6) is -2.24. The van der Waals surface area contributed by atoms with Crippen molar-refractivity contribution in [1.82, 2.24) is 24.0 Å². The molecule has 4 rings (SSSR count). The standard InChI is InChI=1S/C20H21F2N5O2S/c1-15-16(14-27(24-15)17-4-6-23-7-5-17)13-25-8-10-26(11-9-25)30(28,29)18-2-3-19(21)20(22)12-18/h2-7,12,14H,8-11,13H2,1H3. The van der Waals surface area contributed by atoms with E-state index in [1.165, 1.54) is 4.31 Å². The van der Waals surface area contributed by atoms with Gasteiger partial charge in [0.25, 0.3) is 0 Å². The number of hydrogen-bond acceptors (Lipinski definition) is 5. The second kappa shape index (κ2) is 8.21. The van der Waals surface area contributed by atoms with E-state index in [0.717, 1.165) is 35.1 Å². The number of hydrogen-bond donors (Lipinski definition) is 0. The van der Waals surface area contributed by atoms with Gasteiger partial charge < -0.3 is 0 Å². The summed E-state index contributed by atoms with van der Waals surface area (Å²) < 4.78 is 55.2. The van der Waals surface area contributed by atoms with Crippen molar-refractivity contribution in [2.75, 3.05) is 26.2 Å². The molecule has 30 heavy (non-hydrogen) atoms. The van der Waals surface area contributed by atoms with E-state index >= 15 is 0 Å². The quantitative estimate of drug-likeness (QED) is 0.618. The van der Waals surface area contributed by atoms with Crippen molar-refractivity contribution in [3.8, 4) is 5.69 Å². The Labute approximate surface area is 173 Å². The van der Waals surface area contributed by atoms with Gasteiger partial charge in [0.15, 0.2) is 11.6 Å². The highest BCUT2D eigenvalue weighted by Gasteiger charge is 2.29. The molecule has 2 aromatic heterocycles. The Hall–Kier alpha value is -2.69. The zero-order valence-electron chi connectivity index (χ0n) is 16.4. The number of piperazine rings is 1. The molecule has 0 unspecified atom stereocenters. The van der Waals surface area contributed by atoms with Crippen molar-refractivity contribution in [3.05, 3.63) is 71.8 Å². The van der Waals surface area contributed by atoms with Crippen LogP contribution in [0.2, 0.25) is 0 Å². The normalized spacial score (nSPS) is 16.1. The average molecular weight is 433 g/mol. The van der Waals surface area contributed by atoms with E-state index in [0.29, 0.717) is 19.6 Å². The van der Waals surface area contributed by atoms with Gasteiger partial charge in [-0.3, -0.25) is 9.88 Å². The summed E-state index contributed by atoms with van der Waals surface area (Å²) in [7, 11) is -3.86. The van der Waals surface area contributed by atoms with Crippen LogP contribution in [0.4, 0.5) is 8.78 Å². The summed E-state index contributed by atoms with van der Waals surface area (Å²) in [6.07, 6.45) is 5.38. The molecule has 10 heteroatoms. The molecular formula is C20H21F2N5O2S. The van der Waals surface area contributed by atoms with E-state index in [4.69, 9.17) is 0 Å². The Bertz CT molecular complexity index is 1140. The molecule has 1 aliphatic rings. The second-order valence-electron chi connectivity index (χ2n) is 7.15. The number of pyridine rings is 1. The first kappa shape index (κ1) is 20.6. The van der Waals surface area contributed by atoms with Gasteiger partial charge >= 0.3 is 0 Å². The van der Waals surface area contributed by atoms with E-state index in [-0.39, 0.29) is 18.0 Å². The third kappa shape index (κ3) is 4.11. The van der Waals surface area contributed by atoms with Gasteiger partial charge in [-0.15, -0.1) is 0 Å². The number of nitrogens with zero attached hydrogens (tertiary/aromatic N) is 5. The molecule has 0 bridgehead atoms. The van der Waals surface area contributed by atoms with Crippen LogP contribution in [0.15, 0.2) is 53.8 Å². The molecule has 158 valence electrons. The largest absolute Gasteiger partial charge is 0.296 e. The maximum Gasteiger partial charge on any atom is 0.243 e. The maximum atomic E-state index is 13.5. The molecule has 7 nitrogen and oxygen atoms in total. The molecular weight excluding hydrogens is 412 g/mol. The minimum absolute atomic E-state index is 0.232. The summed E-state index contributed by atoms with van der Waals surface area (Å²) in [5, 5.41) is 4.55. The lowest BCUT2D eigenvalue weighted by Crippen LogP contribution is -2.48. The second-order valence-corrected chi connectivity index (χ2v) is 9.08. The highest BCUT2D eigenvalue weighted by atomic mass is 32.2. The minimum Gasteiger partial charge on any atom is -0.296 e. The highest BCUT2D eigenvalue weighted by molar-refractivity contribution is 7.89. The van der Waals surface area contributed by atoms with Crippen molar-refractivity contribution in [3.63, 3.8) is 0 Å². The predicted molar refractivity (Wildman–Crippen MR) is 106 cm³/mol. The molecule has 1 aliphatic heterocycles. The van der Waals surface area contributed by atoms with Crippen molar-refractivity contribution < 1.29 is 17.2 Å². The van der Waals surface area contributed by atoms with Gasteiger partial charge in [-0.1, -0.05) is 0 Å². The van der Waals surface area contributed by atoms with Crippen LogP contribution in [0.25, 0.3) is 5.69 Å². The number of halogens is 2. The summed E-state index contributed by atoms with van der Waals surface area (Å²) in [6.45, 7) is 4.20. The smallest absolute Gasteiger partial charge is 0.243 e. The Kier molecular flexibility index (Phi) is 5.63. The third-order valence-corrected chi connectivity index (χ3v) is 7.08. The minimum atomic E-state index is -3.86. The van der Waals surface area contributed by atoms with Crippen molar-refractivity contribution in [2.45, 2.75) is 18.4 Å². The van der Waals surface area contributed by atoms with Gasteiger partial charge in [0.2, 0.25) is 10.0 Å².